The van der Waals surface area contributed by atoms with Gasteiger partial charge in [0.25, 0.3) is 5.78 Å². The quantitative estimate of drug-likeness (QED) is 0.439. The van der Waals surface area contributed by atoms with Crippen LogP contribution in [0.1, 0.15) is 15.5 Å². The van der Waals surface area contributed by atoms with Gasteiger partial charge >= 0.3 is 7.11 Å². The number of rotatable bonds is 4. The van der Waals surface area contributed by atoms with Gasteiger partial charge in [-0.25, -0.2) is 0 Å². The first-order valence-corrected chi connectivity index (χ1v) is 8.80. The van der Waals surface area contributed by atoms with Gasteiger partial charge in [-0.2, -0.15) is 0 Å². The number of ether oxygens (including phenoxy) is 1. The third kappa shape index (κ3) is 3.96. The van der Waals surface area contributed by atoms with Crippen LogP contribution in [0.15, 0.2) is 84.6 Å². The average Bonchev–Trinajstić information content (AvgIpc) is 2.71. The van der Waals surface area contributed by atoms with Crippen molar-refractivity contribution in [2.45, 2.75) is 0 Å². The molecule has 1 aliphatic rings. The van der Waals surface area contributed by atoms with E-state index in [4.69, 9.17) is 13.7 Å². The highest BCUT2D eigenvalue weighted by atomic mass is 19.3. The summed E-state index contributed by atoms with van der Waals surface area (Å²) in [6.07, 6.45) is 4.72. The molecule has 140 valence electrons. The fourth-order valence-electron chi connectivity index (χ4n) is 3.02. The molecule has 1 aliphatic heterocycles. The SMILES string of the molecule is COc1ccc2cc(/C=C/C3=CC(c4ccccc4)=[O+][B-](F)(F)O3)ccc2c1. The number of carbonyl (C=O) groups excluding carboxylic acids is 1. The van der Waals surface area contributed by atoms with E-state index in [2.05, 4.69) is 0 Å². The van der Waals surface area contributed by atoms with E-state index in [9.17, 15) is 8.63 Å². The fourth-order valence-corrected chi connectivity index (χ4v) is 3.02. The smallest absolute Gasteiger partial charge is 0.569 e. The topological polar surface area (TPSA) is 29.8 Å². The zero-order chi connectivity index (χ0) is 19.6. The maximum atomic E-state index is 13.9. The lowest BCUT2D eigenvalue weighted by molar-refractivity contribution is -0.188. The number of methoxy groups -OCH3 is 1. The first-order chi connectivity index (χ1) is 13.5. The second kappa shape index (κ2) is 7.31. The molecule has 0 fully saturated rings. The molecule has 0 aromatic heterocycles. The number of hydrogen-bond donors (Lipinski definition) is 0. The van der Waals surface area contributed by atoms with E-state index in [1.807, 2.05) is 42.5 Å². The molecule has 0 saturated carbocycles. The van der Waals surface area contributed by atoms with Crippen molar-refractivity contribution in [1.82, 2.24) is 0 Å². The lowest BCUT2D eigenvalue weighted by atomic mass is 10.0. The van der Waals surface area contributed by atoms with E-state index >= 15 is 0 Å². The van der Waals surface area contributed by atoms with E-state index in [0.29, 0.717) is 5.56 Å². The molecule has 6 heteroatoms. The maximum Gasteiger partial charge on any atom is 0.995 e. The Balaban J connectivity index is 1.62. The minimum absolute atomic E-state index is 0.0462. The number of halogens is 2. The zero-order valence-electron chi connectivity index (χ0n) is 15.1. The molecule has 0 atom stereocenters. The lowest BCUT2D eigenvalue weighted by Gasteiger charge is -2.17. The van der Waals surface area contributed by atoms with Gasteiger partial charge in [0.05, 0.1) is 24.5 Å². The minimum atomic E-state index is -4.42. The molecular weight excluding hydrogens is 361 g/mol. The molecular formula is C22H17BF2O3. The van der Waals surface area contributed by atoms with E-state index < -0.39 is 7.11 Å². The van der Waals surface area contributed by atoms with Crippen molar-refractivity contribution in [3.05, 3.63) is 95.8 Å². The van der Waals surface area contributed by atoms with Gasteiger partial charge in [-0.3, -0.25) is 0 Å². The third-order valence-electron chi connectivity index (χ3n) is 4.38. The molecule has 3 nitrogen and oxygen atoms in total. The summed E-state index contributed by atoms with van der Waals surface area (Å²) in [4.78, 5) is 0. The number of allylic oxidation sites excluding steroid dienone is 2. The molecule has 4 rings (SSSR count). The van der Waals surface area contributed by atoms with Crippen LogP contribution in [-0.4, -0.2) is 20.0 Å². The number of ketones is 1. The van der Waals surface area contributed by atoms with Crippen LogP contribution in [0.3, 0.4) is 0 Å². The van der Waals surface area contributed by atoms with Crippen LogP contribution < -0.4 is 4.74 Å². The van der Waals surface area contributed by atoms with Crippen molar-refractivity contribution in [2.24, 2.45) is 0 Å². The molecule has 0 unspecified atom stereocenters. The summed E-state index contributed by atoms with van der Waals surface area (Å²) in [6.45, 7) is 0. The standard InChI is InChI=1S/C22H17BF2O3/c1-26-20-12-10-18-13-16(7-9-19(18)14-20)8-11-21-15-22(28-23(24,25)27-21)17-5-3-2-4-6-17/h2-15H,1H3/b11-8+. The summed E-state index contributed by atoms with van der Waals surface area (Å²) in [6, 6.07) is 20.4. The summed E-state index contributed by atoms with van der Waals surface area (Å²) < 4.78 is 42.5. The van der Waals surface area contributed by atoms with Gasteiger partial charge in [0.2, 0.25) is 0 Å². The molecule has 0 spiro atoms. The largest absolute Gasteiger partial charge is 0.995 e. The maximum absolute atomic E-state index is 13.9. The summed E-state index contributed by atoms with van der Waals surface area (Å²) >= 11 is 0. The van der Waals surface area contributed by atoms with Crippen LogP contribution in [0.25, 0.3) is 16.8 Å². The first-order valence-electron chi connectivity index (χ1n) is 8.80. The third-order valence-corrected chi connectivity index (χ3v) is 4.38. The Labute approximate surface area is 161 Å². The van der Waals surface area contributed by atoms with Crippen LogP contribution in [0.2, 0.25) is 0 Å². The Kier molecular flexibility index (Phi) is 4.69. The fraction of sp³-hybridized carbons (Fsp3) is 0.0455. The molecule has 0 bridgehead atoms. The molecule has 0 radical (unpaired) electrons. The van der Waals surface area contributed by atoms with Crippen molar-refractivity contribution in [3.8, 4) is 5.75 Å². The second-order valence-electron chi connectivity index (χ2n) is 6.35. The van der Waals surface area contributed by atoms with E-state index in [1.165, 1.54) is 12.2 Å². The monoisotopic (exact) mass is 378 g/mol. The Morgan fingerprint density at radius 1 is 0.929 bits per heavy atom. The van der Waals surface area contributed by atoms with Gasteiger partial charge in [-0.1, -0.05) is 42.5 Å². The van der Waals surface area contributed by atoms with Crippen LogP contribution in [-0.2, 0) is 4.65 Å². The predicted molar refractivity (Wildman–Crippen MR) is 107 cm³/mol. The van der Waals surface area contributed by atoms with E-state index in [-0.39, 0.29) is 11.5 Å². The highest BCUT2D eigenvalue weighted by molar-refractivity contribution is 6.51. The molecule has 3 aromatic rings. The summed E-state index contributed by atoms with van der Waals surface area (Å²) in [5.74, 6) is 0.914. The van der Waals surface area contributed by atoms with Crippen LogP contribution in [0, 0.1) is 0 Å². The Morgan fingerprint density at radius 3 is 2.46 bits per heavy atom. The summed E-state index contributed by atoms with van der Waals surface area (Å²) in [7, 11) is -2.79. The van der Waals surface area contributed by atoms with E-state index in [0.717, 1.165) is 22.1 Å². The normalized spacial score (nSPS) is 15.8. The minimum Gasteiger partial charge on any atom is -0.569 e. The van der Waals surface area contributed by atoms with Crippen molar-refractivity contribution < 1.29 is 22.4 Å². The van der Waals surface area contributed by atoms with Crippen LogP contribution in [0.4, 0.5) is 8.63 Å². The second-order valence-corrected chi connectivity index (χ2v) is 6.35. The molecule has 0 N–H and O–H groups in total. The van der Waals surface area contributed by atoms with Gasteiger partial charge in [0.1, 0.15) is 5.75 Å². The molecule has 0 saturated heterocycles. The average molecular weight is 378 g/mol. The Morgan fingerprint density at radius 2 is 1.68 bits per heavy atom. The molecule has 3 aromatic carbocycles. The van der Waals surface area contributed by atoms with Gasteiger partial charge in [-0.05, 0) is 52.7 Å². The van der Waals surface area contributed by atoms with Crippen LogP contribution >= 0.6 is 0 Å². The predicted octanol–water partition coefficient (Wildman–Crippen LogP) is 5.57. The molecule has 0 amide bonds. The Bertz CT molecular complexity index is 1110. The van der Waals surface area contributed by atoms with Gasteiger partial charge in [0.15, 0.2) is 0 Å². The van der Waals surface area contributed by atoms with Gasteiger partial charge < -0.3 is 22.4 Å². The van der Waals surface area contributed by atoms with Crippen LogP contribution in [0.5, 0.6) is 5.75 Å². The lowest BCUT2D eigenvalue weighted by Crippen LogP contribution is -2.31. The highest BCUT2D eigenvalue weighted by Crippen LogP contribution is 2.25. The number of fused-ring (bicyclic) bond motifs is 1. The number of benzene rings is 3. The summed E-state index contributed by atoms with van der Waals surface area (Å²) in [5, 5.41) is 2.06. The highest BCUT2D eigenvalue weighted by Gasteiger charge is 2.52. The number of hydrogen-bond acceptors (Lipinski definition) is 2. The molecule has 1 heterocycles. The summed E-state index contributed by atoms with van der Waals surface area (Å²) in [5.41, 5.74) is 1.43. The first kappa shape index (κ1) is 18.0. The van der Waals surface area contributed by atoms with Crippen molar-refractivity contribution in [2.75, 3.05) is 7.11 Å². The Hall–Kier alpha value is -3.41. The van der Waals surface area contributed by atoms with Crippen molar-refractivity contribution in [3.63, 3.8) is 0 Å². The zero-order valence-corrected chi connectivity index (χ0v) is 15.1. The molecule has 0 aliphatic carbocycles. The van der Waals surface area contributed by atoms with Gasteiger partial charge in [-0.15, -0.1) is 0 Å². The van der Waals surface area contributed by atoms with Crippen molar-refractivity contribution >= 4 is 29.7 Å². The van der Waals surface area contributed by atoms with E-state index in [1.54, 1.807) is 37.5 Å². The van der Waals surface area contributed by atoms with Crippen molar-refractivity contribution in [1.29, 1.82) is 0 Å². The van der Waals surface area contributed by atoms with Gasteiger partial charge in [0, 0.05) is 0 Å². The molecule has 28 heavy (non-hydrogen) atoms.